The summed E-state index contributed by atoms with van der Waals surface area (Å²) in [4.78, 5) is 34.2. The fourth-order valence-corrected chi connectivity index (χ4v) is 4.55. The van der Waals surface area contributed by atoms with E-state index in [4.69, 9.17) is 15.8 Å². The quantitative estimate of drug-likeness (QED) is 0.606. The minimum atomic E-state index is -0.419. The first-order valence-corrected chi connectivity index (χ1v) is 12.3. The van der Waals surface area contributed by atoms with Crippen LogP contribution in [0.15, 0.2) is 30.3 Å². The average Bonchev–Trinajstić information content (AvgIpc) is 3.16. The molecular weight excluding hydrogens is 440 g/mol. The Morgan fingerprint density at radius 2 is 1.69 bits per heavy atom. The van der Waals surface area contributed by atoms with Crippen LogP contribution in [0.3, 0.4) is 0 Å². The van der Waals surface area contributed by atoms with E-state index in [9.17, 15) is 9.59 Å². The van der Waals surface area contributed by atoms with E-state index in [0.717, 1.165) is 47.6 Å². The zero-order chi connectivity index (χ0) is 25.5. The monoisotopic (exact) mass is 476 g/mol. The Labute approximate surface area is 207 Å². The lowest BCUT2D eigenvalue weighted by Gasteiger charge is -2.35. The summed E-state index contributed by atoms with van der Waals surface area (Å²) < 4.78 is 1.95. The van der Waals surface area contributed by atoms with Gasteiger partial charge in [0.15, 0.2) is 5.65 Å². The highest BCUT2D eigenvalue weighted by molar-refractivity contribution is 6.06. The molecule has 35 heavy (non-hydrogen) atoms. The Bertz CT molecular complexity index is 1250. The van der Waals surface area contributed by atoms with Crippen molar-refractivity contribution in [1.29, 1.82) is 0 Å². The molecule has 2 aromatic heterocycles. The van der Waals surface area contributed by atoms with Crippen molar-refractivity contribution < 1.29 is 9.59 Å². The maximum absolute atomic E-state index is 13.8. The third-order valence-electron chi connectivity index (χ3n) is 6.59. The third kappa shape index (κ3) is 5.07. The molecule has 1 saturated heterocycles. The van der Waals surface area contributed by atoms with Crippen molar-refractivity contribution >= 4 is 22.8 Å². The number of piperazine rings is 1. The molecule has 0 atom stereocenters. The number of rotatable bonds is 5. The van der Waals surface area contributed by atoms with Crippen molar-refractivity contribution in [3.05, 3.63) is 58.4 Å². The highest BCUT2D eigenvalue weighted by Crippen LogP contribution is 2.30. The number of hydrogen-bond acceptors (Lipinski definition) is 5. The summed E-state index contributed by atoms with van der Waals surface area (Å²) in [5.41, 5.74) is 9.95. The van der Waals surface area contributed by atoms with E-state index < -0.39 is 5.91 Å². The van der Waals surface area contributed by atoms with Crippen LogP contribution in [0.4, 0.5) is 0 Å². The van der Waals surface area contributed by atoms with E-state index in [0.29, 0.717) is 24.2 Å². The molecule has 0 unspecified atom stereocenters. The van der Waals surface area contributed by atoms with Crippen molar-refractivity contribution in [2.24, 2.45) is 5.73 Å². The van der Waals surface area contributed by atoms with Gasteiger partial charge in [-0.2, -0.15) is 5.10 Å². The lowest BCUT2D eigenvalue weighted by molar-refractivity contribution is 0.0630. The maximum Gasteiger partial charge on any atom is 0.254 e. The Balaban J connectivity index is 1.55. The summed E-state index contributed by atoms with van der Waals surface area (Å²) >= 11 is 0. The Morgan fingerprint density at radius 1 is 1.06 bits per heavy atom. The van der Waals surface area contributed by atoms with Gasteiger partial charge in [-0.15, -0.1) is 0 Å². The number of aromatic nitrogens is 3. The number of benzene rings is 1. The lowest BCUT2D eigenvalue weighted by atomic mass is 10.0. The van der Waals surface area contributed by atoms with Gasteiger partial charge in [0.05, 0.1) is 22.2 Å². The maximum atomic E-state index is 13.8. The summed E-state index contributed by atoms with van der Waals surface area (Å²) in [6.07, 6.45) is 0. The Hall–Kier alpha value is -3.26. The molecule has 1 aliphatic heterocycles. The molecule has 1 aromatic carbocycles. The van der Waals surface area contributed by atoms with Crippen LogP contribution in [0.5, 0.6) is 0 Å². The van der Waals surface area contributed by atoms with Gasteiger partial charge in [0.2, 0.25) is 5.91 Å². The summed E-state index contributed by atoms with van der Waals surface area (Å²) in [5.74, 6) is -0.175. The molecule has 1 fully saturated rings. The summed E-state index contributed by atoms with van der Waals surface area (Å²) in [6.45, 7) is 16.1. The molecule has 8 nitrogen and oxygen atoms in total. The zero-order valence-corrected chi connectivity index (χ0v) is 21.6. The number of carbonyl (C=O) groups is 2. The van der Waals surface area contributed by atoms with Gasteiger partial charge in [-0.25, -0.2) is 9.67 Å². The Kier molecular flexibility index (Phi) is 6.68. The number of pyridine rings is 1. The molecule has 0 radical (unpaired) electrons. The molecule has 0 aliphatic carbocycles. The van der Waals surface area contributed by atoms with Crippen molar-refractivity contribution in [2.45, 2.75) is 59.5 Å². The van der Waals surface area contributed by atoms with Crippen LogP contribution in [0.1, 0.15) is 78.2 Å². The smallest absolute Gasteiger partial charge is 0.254 e. The van der Waals surface area contributed by atoms with E-state index in [1.165, 1.54) is 0 Å². The van der Waals surface area contributed by atoms with Crippen LogP contribution >= 0.6 is 0 Å². The van der Waals surface area contributed by atoms with Crippen LogP contribution in [0.2, 0.25) is 0 Å². The summed E-state index contributed by atoms with van der Waals surface area (Å²) in [7, 11) is 0. The van der Waals surface area contributed by atoms with Crippen molar-refractivity contribution in [3.8, 4) is 0 Å². The topological polar surface area (TPSA) is 97.3 Å². The van der Waals surface area contributed by atoms with Crippen LogP contribution in [-0.4, -0.2) is 62.6 Å². The molecular formula is C27H36N6O2. The van der Waals surface area contributed by atoms with Gasteiger partial charge in [-0.1, -0.05) is 26.0 Å². The van der Waals surface area contributed by atoms with E-state index >= 15 is 0 Å². The second kappa shape index (κ2) is 9.41. The molecule has 3 heterocycles. The van der Waals surface area contributed by atoms with Gasteiger partial charge >= 0.3 is 0 Å². The van der Waals surface area contributed by atoms with Gasteiger partial charge in [0, 0.05) is 44.0 Å². The first-order valence-electron chi connectivity index (χ1n) is 12.3. The van der Waals surface area contributed by atoms with Crippen molar-refractivity contribution in [1.82, 2.24) is 24.6 Å². The second-order valence-electron chi connectivity index (χ2n) is 10.7. The molecule has 4 rings (SSSR count). The molecule has 0 spiro atoms. The van der Waals surface area contributed by atoms with E-state index in [2.05, 4.69) is 39.5 Å². The average molecular weight is 477 g/mol. The number of primary amides is 1. The number of carbonyl (C=O) groups excluding carboxylic acids is 2. The Morgan fingerprint density at radius 3 is 2.23 bits per heavy atom. The van der Waals surface area contributed by atoms with Gasteiger partial charge in [-0.05, 0) is 57.4 Å². The van der Waals surface area contributed by atoms with Gasteiger partial charge in [0.25, 0.3) is 5.91 Å². The van der Waals surface area contributed by atoms with E-state index in [1.807, 2.05) is 34.7 Å². The molecule has 1 aliphatic rings. The molecule has 0 saturated carbocycles. The van der Waals surface area contributed by atoms with Crippen molar-refractivity contribution in [3.63, 3.8) is 0 Å². The van der Waals surface area contributed by atoms with Crippen LogP contribution in [-0.2, 0) is 12.1 Å². The highest BCUT2D eigenvalue weighted by Gasteiger charge is 2.29. The normalized spacial score (nSPS) is 15.2. The molecule has 0 bridgehead atoms. The number of nitrogens with two attached hydrogens (primary N) is 1. The SMILES string of the molecule is Cc1nn(C(C)(C)C)c2nc(C(C)C)cc(C(=O)N3CCN(Cc4ccc(C(N)=O)cc4)CC3)c12. The fraction of sp³-hybridized carbons (Fsp3) is 0.481. The highest BCUT2D eigenvalue weighted by atomic mass is 16.2. The molecule has 3 aromatic rings. The first-order chi connectivity index (χ1) is 16.5. The number of amides is 2. The molecule has 2 amide bonds. The van der Waals surface area contributed by atoms with E-state index in [1.54, 1.807) is 12.1 Å². The van der Waals surface area contributed by atoms with E-state index in [-0.39, 0.29) is 17.4 Å². The van der Waals surface area contributed by atoms with Crippen LogP contribution in [0.25, 0.3) is 11.0 Å². The largest absolute Gasteiger partial charge is 0.366 e. The third-order valence-corrected chi connectivity index (χ3v) is 6.59. The van der Waals surface area contributed by atoms with Gasteiger partial charge in [-0.3, -0.25) is 14.5 Å². The predicted octanol–water partition coefficient (Wildman–Crippen LogP) is 3.68. The summed E-state index contributed by atoms with van der Waals surface area (Å²) in [6, 6.07) is 9.36. The minimum Gasteiger partial charge on any atom is -0.366 e. The predicted molar refractivity (Wildman–Crippen MR) is 137 cm³/mol. The first kappa shape index (κ1) is 24.9. The van der Waals surface area contributed by atoms with Crippen LogP contribution in [0, 0.1) is 6.92 Å². The molecule has 8 heteroatoms. The van der Waals surface area contributed by atoms with Gasteiger partial charge < -0.3 is 10.6 Å². The number of aryl methyl sites for hydroxylation is 1. The van der Waals surface area contributed by atoms with Crippen LogP contribution < -0.4 is 5.73 Å². The lowest BCUT2D eigenvalue weighted by Crippen LogP contribution is -2.48. The zero-order valence-electron chi connectivity index (χ0n) is 21.6. The minimum absolute atomic E-state index is 0.0429. The number of fused-ring (bicyclic) bond motifs is 1. The molecule has 186 valence electrons. The number of hydrogen-bond donors (Lipinski definition) is 1. The van der Waals surface area contributed by atoms with Gasteiger partial charge in [0.1, 0.15) is 0 Å². The standard InChI is InChI=1S/C27H36N6O2/c1-17(2)22-15-21(23-18(3)30-33(25(23)29-22)27(4,5)6)26(35)32-13-11-31(12-14-32)16-19-7-9-20(10-8-19)24(28)34/h7-10,15,17H,11-14,16H2,1-6H3,(H2,28,34). The fourth-order valence-electron chi connectivity index (χ4n) is 4.55. The van der Waals surface area contributed by atoms with Crippen molar-refractivity contribution in [2.75, 3.05) is 26.2 Å². The molecule has 2 N–H and O–H groups in total. The number of nitrogens with zero attached hydrogens (tertiary/aromatic N) is 5. The second-order valence-corrected chi connectivity index (χ2v) is 10.7. The summed E-state index contributed by atoms with van der Waals surface area (Å²) in [5, 5.41) is 5.62.